The van der Waals surface area contributed by atoms with Crippen LogP contribution in [-0.2, 0) is 4.79 Å². The fourth-order valence-electron chi connectivity index (χ4n) is 4.13. The van der Waals surface area contributed by atoms with Crippen molar-refractivity contribution in [2.24, 2.45) is 0 Å². The molecule has 2 aliphatic heterocycles. The second kappa shape index (κ2) is 9.25. The number of rotatable bonds is 5. The molecule has 2 heterocycles. The molecule has 0 radical (unpaired) electrons. The number of hydrogen-bond acceptors (Lipinski definition) is 4. The first kappa shape index (κ1) is 19.7. The number of nitrogens with zero attached hydrogens (tertiary/aromatic N) is 2. The Labute approximate surface area is 162 Å². The minimum atomic E-state index is 0.0587. The maximum absolute atomic E-state index is 12.5. The van der Waals surface area contributed by atoms with E-state index in [-0.39, 0.29) is 11.9 Å². The Morgan fingerprint density at radius 2 is 1.88 bits per heavy atom. The molecule has 1 amide bonds. The number of nitrogens with one attached hydrogen (secondary N) is 1. The van der Waals surface area contributed by atoms with E-state index >= 15 is 0 Å². The molecule has 0 saturated carbocycles. The molecule has 26 heavy (non-hydrogen) atoms. The first-order valence-electron chi connectivity index (χ1n) is 9.93. The monoisotopic (exact) mass is 375 g/mol. The van der Waals surface area contributed by atoms with E-state index < -0.39 is 0 Å². The van der Waals surface area contributed by atoms with E-state index in [1.807, 2.05) is 0 Å². The van der Waals surface area contributed by atoms with Crippen LogP contribution in [0.25, 0.3) is 0 Å². The van der Waals surface area contributed by atoms with Gasteiger partial charge in [-0.2, -0.15) is 11.8 Å². The van der Waals surface area contributed by atoms with E-state index in [9.17, 15) is 4.79 Å². The van der Waals surface area contributed by atoms with Gasteiger partial charge < -0.3 is 5.32 Å². The average molecular weight is 376 g/mol. The van der Waals surface area contributed by atoms with Gasteiger partial charge in [-0.05, 0) is 56.2 Å². The van der Waals surface area contributed by atoms with E-state index in [1.54, 1.807) is 0 Å². The normalized spacial score (nSPS) is 21.5. The van der Waals surface area contributed by atoms with Crippen LogP contribution in [0.1, 0.15) is 42.5 Å². The van der Waals surface area contributed by atoms with Crippen LogP contribution < -0.4 is 5.32 Å². The number of thioether (sulfide) groups is 1. The zero-order valence-corrected chi connectivity index (χ0v) is 17.3. The molecule has 144 valence electrons. The van der Waals surface area contributed by atoms with Crippen molar-refractivity contribution in [3.05, 3.63) is 34.9 Å². The Morgan fingerprint density at radius 3 is 2.58 bits per heavy atom. The molecule has 2 aliphatic rings. The fourth-order valence-corrected chi connectivity index (χ4v) is 5.21. The van der Waals surface area contributed by atoms with Crippen LogP contribution in [0.3, 0.4) is 0 Å². The highest BCUT2D eigenvalue weighted by Gasteiger charge is 2.26. The fraction of sp³-hybridized carbons (Fsp3) is 0.667. The lowest BCUT2D eigenvalue weighted by Crippen LogP contribution is -2.53. The zero-order chi connectivity index (χ0) is 18.5. The minimum Gasteiger partial charge on any atom is -0.348 e. The highest BCUT2D eigenvalue weighted by atomic mass is 32.2. The van der Waals surface area contributed by atoms with Crippen molar-refractivity contribution in [2.75, 3.05) is 44.2 Å². The largest absolute Gasteiger partial charge is 0.348 e. The van der Waals surface area contributed by atoms with Gasteiger partial charge in [0, 0.05) is 32.2 Å². The van der Waals surface area contributed by atoms with Gasteiger partial charge in [0.05, 0.1) is 12.6 Å². The summed E-state index contributed by atoms with van der Waals surface area (Å²) in [4.78, 5) is 17.5. The van der Waals surface area contributed by atoms with Gasteiger partial charge in [-0.25, -0.2) is 0 Å². The highest BCUT2D eigenvalue weighted by Crippen LogP contribution is 2.23. The van der Waals surface area contributed by atoms with Crippen LogP contribution in [0, 0.1) is 13.8 Å². The lowest BCUT2D eigenvalue weighted by Gasteiger charge is -2.40. The van der Waals surface area contributed by atoms with Crippen molar-refractivity contribution in [1.82, 2.24) is 15.1 Å². The summed E-state index contributed by atoms with van der Waals surface area (Å²) in [6.45, 7) is 11.0. The van der Waals surface area contributed by atoms with Crippen LogP contribution in [0.4, 0.5) is 0 Å². The third-order valence-corrected chi connectivity index (χ3v) is 6.81. The van der Waals surface area contributed by atoms with Crippen LogP contribution in [0.5, 0.6) is 0 Å². The standard InChI is InChI=1S/C21H33N3OS/c1-16-4-5-17(2)20(14-16)18(3)22-21(25)15-23-8-10-24(11-9-23)19-6-12-26-13-7-19/h4-5,14,18-19H,6-13,15H2,1-3H3,(H,22,25)/t18-/m1/s1. The Bertz CT molecular complexity index is 607. The Balaban J connectivity index is 1.44. The van der Waals surface area contributed by atoms with E-state index in [0.29, 0.717) is 6.54 Å². The van der Waals surface area contributed by atoms with Gasteiger partial charge in [-0.1, -0.05) is 23.8 Å². The maximum atomic E-state index is 12.5. The summed E-state index contributed by atoms with van der Waals surface area (Å²) < 4.78 is 0. The summed E-state index contributed by atoms with van der Waals surface area (Å²) in [5, 5.41) is 3.19. The van der Waals surface area contributed by atoms with Crippen molar-refractivity contribution in [2.45, 2.75) is 45.7 Å². The molecule has 0 unspecified atom stereocenters. The van der Waals surface area contributed by atoms with Gasteiger partial charge in [0.2, 0.25) is 5.91 Å². The van der Waals surface area contributed by atoms with E-state index in [0.717, 1.165) is 32.2 Å². The van der Waals surface area contributed by atoms with Crippen molar-refractivity contribution >= 4 is 17.7 Å². The van der Waals surface area contributed by atoms with Gasteiger partial charge in [-0.3, -0.25) is 14.6 Å². The second-order valence-electron chi connectivity index (χ2n) is 7.80. The molecule has 4 nitrogen and oxygen atoms in total. The quantitative estimate of drug-likeness (QED) is 0.858. The average Bonchev–Trinajstić information content (AvgIpc) is 2.65. The topological polar surface area (TPSA) is 35.6 Å². The molecule has 1 N–H and O–H groups in total. The Kier molecular flexibility index (Phi) is 7.01. The molecule has 0 bridgehead atoms. The number of hydrogen-bond donors (Lipinski definition) is 1. The molecular weight excluding hydrogens is 342 g/mol. The van der Waals surface area contributed by atoms with Crippen molar-refractivity contribution in [3.8, 4) is 0 Å². The Hall–Kier alpha value is -1.04. The predicted molar refractivity (Wildman–Crippen MR) is 111 cm³/mol. The molecule has 0 aliphatic carbocycles. The number of carbonyl (C=O) groups excluding carboxylic acids is 1. The van der Waals surface area contributed by atoms with Gasteiger partial charge in [0.25, 0.3) is 0 Å². The van der Waals surface area contributed by atoms with Crippen LogP contribution >= 0.6 is 11.8 Å². The van der Waals surface area contributed by atoms with E-state index in [2.05, 4.69) is 65.8 Å². The molecule has 2 saturated heterocycles. The summed E-state index contributed by atoms with van der Waals surface area (Å²) in [5.74, 6) is 2.76. The Morgan fingerprint density at radius 1 is 1.19 bits per heavy atom. The molecule has 3 rings (SSSR count). The summed E-state index contributed by atoms with van der Waals surface area (Å²) in [6, 6.07) is 7.27. The molecule has 0 aromatic heterocycles. The summed E-state index contributed by atoms with van der Waals surface area (Å²) in [5.41, 5.74) is 3.70. The summed E-state index contributed by atoms with van der Waals surface area (Å²) in [6.07, 6.45) is 2.66. The lowest BCUT2D eigenvalue weighted by molar-refractivity contribution is -0.123. The molecular formula is C21H33N3OS. The molecule has 5 heteroatoms. The number of piperazine rings is 1. The van der Waals surface area contributed by atoms with Crippen LogP contribution in [0.15, 0.2) is 18.2 Å². The van der Waals surface area contributed by atoms with Gasteiger partial charge in [-0.15, -0.1) is 0 Å². The van der Waals surface area contributed by atoms with Crippen LogP contribution in [0.2, 0.25) is 0 Å². The third kappa shape index (κ3) is 5.24. The van der Waals surface area contributed by atoms with E-state index in [1.165, 1.54) is 41.0 Å². The molecule has 0 spiro atoms. The van der Waals surface area contributed by atoms with Crippen molar-refractivity contribution < 1.29 is 4.79 Å². The maximum Gasteiger partial charge on any atom is 0.234 e. The number of aryl methyl sites for hydroxylation is 2. The second-order valence-corrected chi connectivity index (χ2v) is 9.03. The lowest BCUT2D eigenvalue weighted by atomic mass is 10.00. The molecule has 2 fully saturated rings. The minimum absolute atomic E-state index is 0.0587. The predicted octanol–water partition coefficient (Wildman–Crippen LogP) is 2.99. The van der Waals surface area contributed by atoms with Gasteiger partial charge >= 0.3 is 0 Å². The third-order valence-electron chi connectivity index (χ3n) is 5.76. The highest BCUT2D eigenvalue weighted by molar-refractivity contribution is 7.99. The van der Waals surface area contributed by atoms with Gasteiger partial charge in [0.1, 0.15) is 0 Å². The van der Waals surface area contributed by atoms with Crippen LogP contribution in [-0.4, -0.2) is 66.0 Å². The van der Waals surface area contributed by atoms with Gasteiger partial charge in [0.15, 0.2) is 0 Å². The summed E-state index contributed by atoms with van der Waals surface area (Å²) >= 11 is 2.09. The van der Waals surface area contributed by atoms with Crippen molar-refractivity contribution in [3.63, 3.8) is 0 Å². The number of benzene rings is 1. The first-order valence-corrected chi connectivity index (χ1v) is 11.1. The number of carbonyl (C=O) groups is 1. The smallest absolute Gasteiger partial charge is 0.234 e. The van der Waals surface area contributed by atoms with Crippen molar-refractivity contribution in [1.29, 1.82) is 0 Å². The molecule has 1 aromatic carbocycles. The number of amides is 1. The van der Waals surface area contributed by atoms with E-state index in [4.69, 9.17) is 0 Å². The first-order chi connectivity index (χ1) is 12.5. The SMILES string of the molecule is Cc1ccc(C)c([C@@H](C)NC(=O)CN2CCN(C3CCSCC3)CC2)c1. The zero-order valence-electron chi connectivity index (χ0n) is 16.5. The summed E-state index contributed by atoms with van der Waals surface area (Å²) in [7, 11) is 0. The molecule has 1 atom stereocenters. The molecule has 1 aromatic rings.